The molecule has 3 N–H and O–H groups in total. The van der Waals surface area contributed by atoms with Crippen LogP contribution < -0.4 is 11.3 Å². The third-order valence-corrected chi connectivity index (χ3v) is 5.97. The van der Waals surface area contributed by atoms with Gasteiger partial charge in [-0.3, -0.25) is 16.2 Å². The summed E-state index contributed by atoms with van der Waals surface area (Å²) in [5.74, 6) is 8.41. The fourth-order valence-corrected chi connectivity index (χ4v) is 4.30. The van der Waals surface area contributed by atoms with Gasteiger partial charge in [-0.15, -0.1) is 0 Å². The fraction of sp³-hybridized carbons (Fsp3) is 1.00. The van der Waals surface area contributed by atoms with Crippen LogP contribution in [-0.2, 0) is 0 Å². The molecule has 0 aromatic carbocycles. The second kappa shape index (κ2) is 6.11. The minimum Gasteiger partial charge on any atom is -0.297 e. The molecule has 112 valence electrons. The van der Waals surface area contributed by atoms with Gasteiger partial charge in [0.15, 0.2) is 0 Å². The Hall–Kier alpha value is -0.120. The lowest BCUT2D eigenvalue weighted by molar-refractivity contribution is 0.0496. The topological polar surface area (TPSA) is 41.3 Å². The van der Waals surface area contributed by atoms with Crippen molar-refractivity contribution < 1.29 is 0 Å². The van der Waals surface area contributed by atoms with Crippen LogP contribution in [0.2, 0.25) is 0 Å². The zero-order valence-corrected chi connectivity index (χ0v) is 13.3. The number of hydrogen-bond acceptors (Lipinski definition) is 3. The Morgan fingerprint density at radius 1 is 1.11 bits per heavy atom. The van der Waals surface area contributed by atoms with Crippen LogP contribution >= 0.6 is 0 Å². The number of nitrogens with one attached hydrogen (secondary N) is 1. The summed E-state index contributed by atoms with van der Waals surface area (Å²) in [5.41, 5.74) is 3.36. The third-order valence-electron chi connectivity index (χ3n) is 5.97. The van der Waals surface area contributed by atoms with E-state index in [0.29, 0.717) is 6.04 Å². The lowest BCUT2D eigenvalue weighted by Crippen LogP contribution is -2.62. The van der Waals surface area contributed by atoms with Crippen molar-refractivity contribution in [2.45, 2.75) is 71.4 Å². The van der Waals surface area contributed by atoms with E-state index in [9.17, 15) is 0 Å². The Balaban J connectivity index is 2.06. The molecule has 2 rings (SSSR count). The van der Waals surface area contributed by atoms with Crippen LogP contribution in [0.15, 0.2) is 0 Å². The maximum absolute atomic E-state index is 5.96. The molecule has 1 saturated heterocycles. The summed E-state index contributed by atoms with van der Waals surface area (Å²) < 4.78 is 0. The predicted octanol–water partition coefficient (Wildman–Crippen LogP) is 2.77. The molecule has 0 amide bonds. The number of nitrogens with zero attached hydrogens (tertiary/aromatic N) is 1. The molecule has 2 fully saturated rings. The molecule has 0 bridgehead atoms. The van der Waals surface area contributed by atoms with Crippen LogP contribution in [0, 0.1) is 17.8 Å². The predicted molar refractivity (Wildman–Crippen MR) is 81.7 cm³/mol. The molecular weight excluding hydrogens is 234 g/mol. The summed E-state index contributed by atoms with van der Waals surface area (Å²) in [6.45, 7) is 12.1. The molecule has 1 saturated carbocycles. The van der Waals surface area contributed by atoms with Crippen molar-refractivity contribution in [3.05, 3.63) is 0 Å². The number of rotatable bonds is 4. The first-order valence-corrected chi connectivity index (χ1v) is 8.18. The number of nitrogens with two attached hydrogens (primary N) is 1. The van der Waals surface area contributed by atoms with Gasteiger partial charge in [0.1, 0.15) is 0 Å². The molecule has 3 nitrogen and oxygen atoms in total. The molecule has 0 radical (unpaired) electrons. The van der Waals surface area contributed by atoms with Crippen molar-refractivity contribution in [3.8, 4) is 0 Å². The minimum absolute atomic E-state index is 0.177. The van der Waals surface area contributed by atoms with Gasteiger partial charge >= 0.3 is 0 Å². The normalized spacial score (nSPS) is 35.5. The van der Waals surface area contributed by atoms with Crippen molar-refractivity contribution in [2.75, 3.05) is 13.1 Å². The summed E-state index contributed by atoms with van der Waals surface area (Å²) >= 11 is 0. The lowest BCUT2D eigenvalue weighted by atomic mass is 9.69. The van der Waals surface area contributed by atoms with E-state index in [1.165, 1.54) is 45.2 Å². The highest BCUT2D eigenvalue weighted by atomic mass is 15.3. The molecular formula is C16H33N3. The van der Waals surface area contributed by atoms with Gasteiger partial charge in [-0.05, 0) is 70.4 Å². The molecule has 4 atom stereocenters. The van der Waals surface area contributed by atoms with Crippen molar-refractivity contribution in [2.24, 2.45) is 23.6 Å². The van der Waals surface area contributed by atoms with E-state index in [1.54, 1.807) is 0 Å². The van der Waals surface area contributed by atoms with Crippen LogP contribution in [-0.4, -0.2) is 29.6 Å². The van der Waals surface area contributed by atoms with Gasteiger partial charge in [-0.25, -0.2) is 0 Å². The van der Waals surface area contributed by atoms with E-state index in [1.807, 2.05) is 0 Å². The second-order valence-corrected chi connectivity index (χ2v) is 7.52. The minimum atomic E-state index is 0.177. The number of hydrogen-bond donors (Lipinski definition) is 2. The van der Waals surface area contributed by atoms with Gasteiger partial charge in [-0.2, -0.15) is 0 Å². The van der Waals surface area contributed by atoms with Crippen molar-refractivity contribution in [3.63, 3.8) is 0 Å². The summed E-state index contributed by atoms with van der Waals surface area (Å²) in [4.78, 5) is 2.64. The first-order chi connectivity index (χ1) is 8.96. The zero-order chi connectivity index (χ0) is 14.0. The zero-order valence-electron chi connectivity index (χ0n) is 13.3. The molecule has 2 aliphatic rings. The van der Waals surface area contributed by atoms with Gasteiger partial charge in [0.2, 0.25) is 0 Å². The average molecular weight is 267 g/mol. The highest BCUT2D eigenvalue weighted by molar-refractivity contribution is 4.99. The highest BCUT2D eigenvalue weighted by Crippen LogP contribution is 2.39. The molecule has 3 heteroatoms. The van der Waals surface area contributed by atoms with Gasteiger partial charge in [-0.1, -0.05) is 20.3 Å². The van der Waals surface area contributed by atoms with Gasteiger partial charge in [0.05, 0.1) is 0 Å². The number of hydrazine groups is 1. The molecule has 0 aromatic rings. The van der Waals surface area contributed by atoms with E-state index in [2.05, 4.69) is 38.0 Å². The Labute approximate surface area is 119 Å². The summed E-state index contributed by atoms with van der Waals surface area (Å²) in [5, 5.41) is 0. The largest absolute Gasteiger partial charge is 0.297 e. The van der Waals surface area contributed by atoms with Gasteiger partial charge in [0.25, 0.3) is 0 Å². The first kappa shape index (κ1) is 15.3. The summed E-state index contributed by atoms with van der Waals surface area (Å²) in [7, 11) is 0. The van der Waals surface area contributed by atoms with Gasteiger partial charge < -0.3 is 0 Å². The standard InChI is InChI=1S/C16H33N3/c1-12-7-8-14(11-13(12)2)15(18-17)16(3,4)19-9-5-6-10-19/h12-15,18H,5-11,17H2,1-4H3. The van der Waals surface area contributed by atoms with Crippen LogP contribution in [0.3, 0.4) is 0 Å². The smallest absolute Gasteiger partial charge is 0.0417 e. The van der Waals surface area contributed by atoms with Crippen molar-refractivity contribution in [1.82, 2.24) is 10.3 Å². The van der Waals surface area contributed by atoms with Crippen LogP contribution in [0.1, 0.15) is 59.8 Å². The molecule has 1 aliphatic carbocycles. The summed E-state index contributed by atoms with van der Waals surface area (Å²) in [6.07, 6.45) is 6.71. The van der Waals surface area contributed by atoms with E-state index in [0.717, 1.165) is 17.8 Å². The molecule has 0 spiro atoms. The highest BCUT2D eigenvalue weighted by Gasteiger charge is 2.42. The number of likely N-dealkylation sites (tertiary alicyclic amines) is 1. The van der Waals surface area contributed by atoms with Crippen LogP contribution in [0.4, 0.5) is 0 Å². The van der Waals surface area contributed by atoms with Crippen molar-refractivity contribution in [1.29, 1.82) is 0 Å². The summed E-state index contributed by atoms with van der Waals surface area (Å²) in [6, 6.07) is 0.417. The molecule has 4 unspecified atom stereocenters. The van der Waals surface area contributed by atoms with E-state index >= 15 is 0 Å². The second-order valence-electron chi connectivity index (χ2n) is 7.52. The maximum atomic E-state index is 5.96. The monoisotopic (exact) mass is 267 g/mol. The van der Waals surface area contributed by atoms with E-state index < -0.39 is 0 Å². The Morgan fingerprint density at radius 2 is 1.74 bits per heavy atom. The first-order valence-electron chi connectivity index (χ1n) is 8.18. The molecule has 0 aromatic heterocycles. The quantitative estimate of drug-likeness (QED) is 0.608. The van der Waals surface area contributed by atoms with Crippen LogP contribution in [0.5, 0.6) is 0 Å². The fourth-order valence-electron chi connectivity index (χ4n) is 4.30. The van der Waals surface area contributed by atoms with Gasteiger partial charge in [0, 0.05) is 11.6 Å². The Kier molecular flexibility index (Phi) is 4.91. The van der Waals surface area contributed by atoms with E-state index in [4.69, 9.17) is 5.84 Å². The van der Waals surface area contributed by atoms with Crippen molar-refractivity contribution >= 4 is 0 Å². The third kappa shape index (κ3) is 3.14. The molecule has 1 aliphatic heterocycles. The lowest BCUT2D eigenvalue weighted by Gasteiger charge is -2.47. The molecule has 1 heterocycles. The maximum Gasteiger partial charge on any atom is 0.0417 e. The molecule has 19 heavy (non-hydrogen) atoms. The van der Waals surface area contributed by atoms with Crippen LogP contribution in [0.25, 0.3) is 0 Å². The average Bonchev–Trinajstić information content (AvgIpc) is 2.88. The SMILES string of the molecule is CC1CCC(C(NN)C(C)(C)N2CCCC2)CC1C. The van der Waals surface area contributed by atoms with E-state index in [-0.39, 0.29) is 5.54 Å². The Morgan fingerprint density at radius 3 is 2.26 bits per heavy atom. The Bertz CT molecular complexity index is 284.